The number of para-hydroxylation sites is 1. The predicted molar refractivity (Wildman–Crippen MR) is 83.6 cm³/mol. The Morgan fingerprint density at radius 2 is 1.81 bits per heavy atom. The molecular weight excluding hydrogens is 286 g/mol. The van der Waals surface area contributed by atoms with Gasteiger partial charge in [0.05, 0.1) is 18.5 Å². The Kier molecular flexibility index (Phi) is 3.78. The van der Waals surface area contributed by atoms with Gasteiger partial charge in [-0.15, -0.1) is 0 Å². The van der Waals surface area contributed by atoms with Crippen LogP contribution in [0.2, 0.25) is 5.02 Å². The van der Waals surface area contributed by atoms with Crippen LogP contribution in [-0.4, -0.2) is 15.6 Å². The highest BCUT2D eigenvalue weighted by molar-refractivity contribution is 6.30. The number of aliphatic hydroxyl groups excluding tert-OH is 1. The molecule has 0 unspecified atom stereocenters. The predicted octanol–water partition coefficient (Wildman–Crippen LogP) is 3.67. The molecule has 0 amide bonds. The van der Waals surface area contributed by atoms with Gasteiger partial charge in [-0.1, -0.05) is 41.9 Å². The van der Waals surface area contributed by atoms with Crippen molar-refractivity contribution in [3.05, 3.63) is 70.9 Å². The Hall–Kier alpha value is -2.10. The van der Waals surface area contributed by atoms with Gasteiger partial charge in [0.1, 0.15) is 0 Å². The number of rotatable bonds is 3. The summed E-state index contributed by atoms with van der Waals surface area (Å²) in [6.07, 6.45) is 2.00. The van der Waals surface area contributed by atoms with Gasteiger partial charge in [0.15, 0.2) is 0 Å². The van der Waals surface area contributed by atoms with Gasteiger partial charge in [0, 0.05) is 22.2 Å². The molecular formula is C17H14ClNO2. The van der Waals surface area contributed by atoms with Gasteiger partial charge in [0.2, 0.25) is 5.91 Å². The monoisotopic (exact) mass is 299 g/mol. The SMILES string of the molecule is O=C(Cc1ccc(Cl)cc1)n1cc(CO)c2ccccc21. The molecule has 0 aliphatic rings. The van der Waals surface area contributed by atoms with E-state index in [4.69, 9.17) is 11.6 Å². The van der Waals surface area contributed by atoms with Gasteiger partial charge >= 0.3 is 0 Å². The Bertz CT molecular complexity index is 790. The summed E-state index contributed by atoms with van der Waals surface area (Å²) >= 11 is 5.85. The van der Waals surface area contributed by atoms with Crippen molar-refractivity contribution < 1.29 is 9.90 Å². The maximum atomic E-state index is 12.5. The zero-order valence-electron chi connectivity index (χ0n) is 11.3. The summed E-state index contributed by atoms with van der Waals surface area (Å²) in [6.45, 7) is -0.0816. The lowest BCUT2D eigenvalue weighted by Crippen LogP contribution is -2.12. The first-order valence-electron chi connectivity index (χ1n) is 6.66. The van der Waals surface area contributed by atoms with E-state index in [9.17, 15) is 9.90 Å². The van der Waals surface area contributed by atoms with Gasteiger partial charge in [-0.25, -0.2) is 0 Å². The van der Waals surface area contributed by atoms with Crippen molar-refractivity contribution in [2.75, 3.05) is 0 Å². The Labute approximate surface area is 127 Å². The second-order valence-corrected chi connectivity index (χ2v) is 5.33. The van der Waals surface area contributed by atoms with Crippen molar-refractivity contribution >= 4 is 28.4 Å². The van der Waals surface area contributed by atoms with Crippen LogP contribution in [0.4, 0.5) is 0 Å². The van der Waals surface area contributed by atoms with E-state index in [2.05, 4.69) is 0 Å². The summed E-state index contributed by atoms with van der Waals surface area (Å²) < 4.78 is 1.61. The first-order valence-corrected chi connectivity index (χ1v) is 7.04. The number of carbonyl (C=O) groups excluding carboxylic acids is 1. The molecule has 1 heterocycles. The normalized spacial score (nSPS) is 11.0. The van der Waals surface area contributed by atoms with E-state index in [-0.39, 0.29) is 12.5 Å². The minimum atomic E-state index is -0.0816. The van der Waals surface area contributed by atoms with Crippen molar-refractivity contribution in [2.45, 2.75) is 13.0 Å². The second kappa shape index (κ2) is 5.72. The molecule has 0 fully saturated rings. The van der Waals surface area contributed by atoms with Crippen molar-refractivity contribution in [1.82, 2.24) is 4.57 Å². The highest BCUT2D eigenvalue weighted by atomic mass is 35.5. The summed E-state index contributed by atoms with van der Waals surface area (Å²) in [5, 5.41) is 11.0. The third-order valence-corrected chi connectivity index (χ3v) is 3.75. The van der Waals surface area contributed by atoms with Crippen LogP contribution in [0, 0.1) is 0 Å². The van der Waals surface area contributed by atoms with Crippen LogP contribution in [0.5, 0.6) is 0 Å². The molecule has 0 aliphatic carbocycles. The number of fused-ring (bicyclic) bond motifs is 1. The molecule has 106 valence electrons. The molecule has 3 aromatic rings. The van der Waals surface area contributed by atoms with Crippen LogP contribution >= 0.6 is 11.6 Å². The van der Waals surface area contributed by atoms with Crippen LogP contribution in [0.15, 0.2) is 54.7 Å². The number of hydrogen-bond donors (Lipinski definition) is 1. The number of halogens is 1. The summed E-state index contributed by atoms with van der Waals surface area (Å²) in [7, 11) is 0. The van der Waals surface area contributed by atoms with E-state index in [0.717, 1.165) is 22.0 Å². The second-order valence-electron chi connectivity index (χ2n) is 4.90. The third kappa shape index (κ3) is 2.71. The molecule has 4 heteroatoms. The molecule has 3 nitrogen and oxygen atoms in total. The maximum Gasteiger partial charge on any atom is 0.235 e. The fourth-order valence-corrected chi connectivity index (χ4v) is 2.57. The van der Waals surface area contributed by atoms with Crippen LogP contribution in [0.3, 0.4) is 0 Å². The smallest absolute Gasteiger partial charge is 0.235 e. The van der Waals surface area contributed by atoms with Crippen molar-refractivity contribution in [3.63, 3.8) is 0 Å². The number of benzene rings is 2. The lowest BCUT2D eigenvalue weighted by Gasteiger charge is -2.04. The standard InChI is InChI=1S/C17H14ClNO2/c18-14-7-5-12(6-8-14)9-17(21)19-10-13(11-20)15-3-1-2-4-16(15)19/h1-8,10,20H,9,11H2. The molecule has 1 aromatic heterocycles. The first-order chi connectivity index (χ1) is 10.2. The van der Waals surface area contributed by atoms with Gasteiger partial charge in [-0.3, -0.25) is 9.36 Å². The molecule has 0 saturated carbocycles. The van der Waals surface area contributed by atoms with Gasteiger partial charge in [0.25, 0.3) is 0 Å². The van der Waals surface area contributed by atoms with E-state index >= 15 is 0 Å². The van der Waals surface area contributed by atoms with Gasteiger partial charge in [-0.05, 0) is 23.8 Å². The molecule has 0 radical (unpaired) electrons. The van der Waals surface area contributed by atoms with Gasteiger partial charge < -0.3 is 5.11 Å². The number of hydrogen-bond acceptors (Lipinski definition) is 2. The lowest BCUT2D eigenvalue weighted by atomic mass is 10.1. The number of aromatic nitrogens is 1. The quantitative estimate of drug-likeness (QED) is 0.802. The highest BCUT2D eigenvalue weighted by Crippen LogP contribution is 2.22. The fraction of sp³-hybridized carbons (Fsp3) is 0.118. The van der Waals surface area contributed by atoms with Crippen molar-refractivity contribution in [2.24, 2.45) is 0 Å². The first kappa shape index (κ1) is 13.9. The summed E-state index contributed by atoms with van der Waals surface area (Å²) in [5.74, 6) is -0.0341. The fourth-order valence-electron chi connectivity index (χ4n) is 2.44. The molecule has 0 atom stereocenters. The Morgan fingerprint density at radius 3 is 2.52 bits per heavy atom. The van der Waals surface area contributed by atoms with E-state index in [1.54, 1.807) is 22.9 Å². The number of aliphatic hydroxyl groups is 1. The molecule has 0 aliphatic heterocycles. The van der Waals surface area contributed by atoms with Gasteiger partial charge in [-0.2, -0.15) is 0 Å². The van der Waals surface area contributed by atoms with Crippen LogP contribution in [0.25, 0.3) is 10.9 Å². The highest BCUT2D eigenvalue weighted by Gasteiger charge is 2.13. The molecule has 0 spiro atoms. The average Bonchev–Trinajstić information content (AvgIpc) is 2.88. The van der Waals surface area contributed by atoms with E-state index in [1.807, 2.05) is 36.4 Å². The maximum absolute atomic E-state index is 12.5. The number of nitrogens with zero attached hydrogens (tertiary/aromatic N) is 1. The Balaban J connectivity index is 1.96. The molecule has 0 bridgehead atoms. The zero-order valence-corrected chi connectivity index (χ0v) is 12.0. The van der Waals surface area contributed by atoms with E-state index in [0.29, 0.717) is 11.4 Å². The van der Waals surface area contributed by atoms with Crippen molar-refractivity contribution in [1.29, 1.82) is 0 Å². The summed E-state index contributed by atoms with van der Waals surface area (Å²) in [5.41, 5.74) is 2.49. The van der Waals surface area contributed by atoms with Crippen LogP contribution < -0.4 is 0 Å². The lowest BCUT2D eigenvalue weighted by molar-refractivity contribution is 0.0919. The van der Waals surface area contributed by atoms with Crippen LogP contribution in [0.1, 0.15) is 15.9 Å². The summed E-state index contributed by atoms with van der Waals surface area (Å²) in [6, 6.07) is 14.8. The molecule has 21 heavy (non-hydrogen) atoms. The molecule has 1 N–H and O–H groups in total. The minimum Gasteiger partial charge on any atom is -0.392 e. The molecule has 2 aromatic carbocycles. The largest absolute Gasteiger partial charge is 0.392 e. The average molecular weight is 300 g/mol. The third-order valence-electron chi connectivity index (χ3n) is 3.50. The zero-order chi connectivity index (χ0) is 14.8. The number of carbonyl (C=O) groups is 1. The molecule has 3 rings (SSSR count). The molecule has 0 saturated heterocycles. The van der Waals surface area contributed by atoms with E-state index < -0.39 is 0 Å². The minimum absolute atomic E-state index is 0.0341. The van der Waals surface area contributed by atoms with Crippen molar-refractivity contribution in [3.8, 4) is 0 Å². The van der Waals surface area contributed by atoms with E-state index in [1.165, 1.54) is 0 Å². The van der Waals surface area contributed by atoms with Crippen LogP contribution in [-0.2, 0) is 13.0 Å². The summed E-state index contributed by atoms with van der Waals surface area (Å²) in [4.78, 5) is 12.5. The topological polar surface area (TPSA) is 42.2 Å². The Morgan fingerprint density at radius 1 is 1.10 bits per heavy atom.